The van der Waals surface area contributed by atoms with Crippen molar-refractivity contribution >= 4 is 16.9 Å². The summed E-state index contributed by atoms with van der Waals surface area (Å²) in [6, 6.07) is 1.44. The van der Waals surface area contributed by atoms with Gasteiger partial charge in [0.1, 0.15) is 0 Å². The first-order valence-electron chi connectivity index (χ1n) is 7.94. The zero-order valence-electron chi connectivity index (χ0n) is 12.3. The van der Waals surface area contributed by atoms with Gasteiger partial charge in [-0.2, -0.15) is 0 Å². The predicted octanol–water partition coefficient (Wildman–Crippen LogP) is 2.72. The third-order valence-electron chi connectivity index (χ3n) is 4.62. The molecule has 2 saturated heterocycles. The second kappa shape index (κ2) is 6.04. The van der Waals surface area contributed by atoms with Crippen molar-refractivity contribution in [1.82, 2.24) is 10.2 Å². The van der Waals surface area contributed by atoms with Crippen LogP contribution in [-0.4, -0.2) is 47.0 Å². The molecule has 0 aromatic carbocycles. The molecule has 0 radical (unpaired) electrons. The smallest absolute Gasteiger partial charge is 0.157 e. The Morgan fingerprint density at radius 3 is 3.05 bits per heavy atom. The summed E-state index contributed by atoms with van der Waals surface area (Å²) in [6.07, 6.45) is 6.79. The molecular weight excluding hydrogens is 254 g/mol. The fourth-order valence-corrected chi connectivity index (χ4v) is 5.03. The number of rotatable bonds is 3. The fourth-order valence-electron chi connectivity index (χ4n) is 3.72. The molecule has 3 heterocycles. The Morgan fingerprint density at radius 2 is 2.21 bits per heavy atom. The number of nitrogens with zero attached hydrogens (tertiary/aromatic N) is 2. The summed E-state index contributed by atoms with van der Waals surface area (Å²) in [7, 11) is 0. The summed E-state index contributed by atoms with van der Waals surface area (Å²) < 4.78 is 0. The van der Waals surface area contributed by atoms with Gasteiger partial charge in [-0.15, -0.1) is 0 Å². The van der Waals surface area contributed by atoms with E-state index in [9.17, 15) is 0 Å². The Bertz CT molecular complexity index is 342. The van der Waals surface area contributed by atoms with Gasteiger partial charge in [-0.25, -0.2) is 0 Å². The number of piperidine rings is 1. The van der Waals surface area contributed by atoms with E-state index in [1.807, 2.05) is 11.8 Å². The molecule has 0 amide bonds. The maximum atomic E-state index is 4.72. The highest BCUT2D eigenvalue weighted by Gasteiger charge is 2.36. The van der Waals surface area contributed by atoms with Crippen LogP contribution >= 0.6 is 11.8 Å². The number of thioether (sulfide) groups is 1. The van der Waals surface area contributed by atoms with E-state index in [2.05, 4.69) is 24.1 Å². The first kappa shape index (κ1) is 13.7. The Balaban J connectivity index is 1.50. The lowest BCUT2D eigenvalue weighted by Crippen LogP contribution is -2.46. The van der Waals surface area contributed by atoms with Crippen LogP contribution in [0.3, 0.4) is 0 Å². The minimum absolute atomic E-state index is 0.657. The van der Waals surface area contributed by atoms with Crippen molar-refractivity contribution < 1.29 is 0 Å². The Hall–Kier alpha value is -0.220. The lowest BCUT2D eigenvalue weighted by Gasteiger charge is -2.32. The van der Waals surface area contributed by atoms with Crippen molar-refractivity contribution in [2.75, 3.05) is 19.6 Å². The van der Waals surface area contributed by atoms with Crippen LogP contribution in [0.15, 0.2) is 4.99 Å². The Kier molecular flexibility index (Phi) is 4.37. The van der Waals surface area contributed by atoms with Crippen molar-refractivity contribution in [1.29, 1.82) is 0 Å². The van der Waals surface area contributed by atoms with E-state index < -0.39 is 0 Å². The molecule has 19 heavy (non-hydrogen) atoms. The minimum Gasteiger partial charge on any atom is -0.361 e. The number of aliphatic imine (C=N–C) groups is 1. The van der Waals surface area contributed by atoms with Crippen LogP contribution in [0.4, 0.5) is 0 Å². The van der Waals surface area contributed by atoms with Gasteiger partial charge < -0.3 is 5.32 Å². The van der Waals surface area contributed by atoms with E-state index in [4.69, 9.17) is 4.99 Å². The topological polar surface area (TPSA) is 27.6 Å². The van der Waals surface area contributed by atoms with Gasteiger partial charge in [0.05, 0.1) is 6.54 Å². The standard InChI is InChI=1S/C15H27N3S/c1-11(2)9-12-10-16-15(19-12)17-13-6-8-18-7-4-3-5-14(13)18/h11-14H,3-10H2,1-2H3,(H,16,17). The van der Waals surface area contributed by atoms with E-state index in [0.717, 1.165) is 18.5 Å². The van der Waals surface area contributed by atoms with Gasteiger partial charge in [0.25, 0.3) is 0 Å². The lowest BCUT2D eigenvalue weighted by atomic mass is 9.99. The Labute approximate surface area is 121 Å². The monoisotopic (exact) mass is 281 g/mol. The molecule has 2 fully saturated rings. The molecule has 0 aromatic rings. The summed E-state index contributed by atoms with van der Waals surface area (Å²) >= 11 is 1.99. The molecule has 0 bridgehead atoms. The molecule has 3 rings (SSSR count). The number of hydrogen-bond acceptors (Lipinski definition) is 4. The summed E-state index contributed by atoms with van der Waals surface area (Å²) in [5.41, 5.74) is 0. The molecule has 3 aliphatic rings. The zero-order valence-corrected chi connectivity index (χ0v) is 13.1. The average Bonchev–Trinajstić information content (AvgIpc) is 2.97. The highest BCUT2D eigenvalue weighted by atomic mass is 32.2. The van der Waals surface area contributed by atoms with Crippen molar-refractivity contribution in [3.8, 4) is 0 Å². The summed E-state index contributed by atoms with van der Waals surface area (Å²) in [5, 5.41) is 5.69. The Morgan fingerprint density at radius 1 is 1.32 bits per heavy atom. The van der Waals surface area contributed by atoms with E-state index in [0.29, 0.717) is 11.3 Å². The average molecular weight is 281 g/mol. The molecule has 0 spiro atoms. The van der Waals surface area contributed by atoms with Gasteiger partial charge in [0, 0.05) is 23.9 Å². The SMILES string of the molecule is CC(C)CC1CN=C(NC2CCN3CCCCC23)S1. The van der Waals surface area contributed by atoms with Gasteiger partial charge in [0.2, 0.25) is 0 Å². The van der Waals surface area contributed by atoms with Crippen LogP contribution < -0.4 is 5.32 Å². The predicted molar refractivity (Wildman–Crippen MR) is 83.9 cm³/mol. The summed E-state index contributed by atoms with van der Waals surface area (Å²) in [6.45, 7) is 8.24. The largest absolute Gasteiger partial charge is 0.361 e. The van der Waals surface area contributed by atoms with Gasteiger partial charge >= 0.3 is 0 Å². The first-order chi connectivity index (χ1) is 9.22. The number of amidine groups is 1. The van der Waals surface area contributed by atoms with E-state index in [-0.39, 0.29) is 0 Å². The lowest BCUT2D eigenvalue weighted by molar-refractivity contribution is 0.185. The van der Waals surface area contributed by atoms with Gasteiger partial charge in [-0.3, -0.25) is 9.89 Å². The van der Waals surface area contributed by atoms with Crippen LogP contribution in [0.25, 0.3) is 0 Å². The maximum absolute atomic E-state index is 4.72. The molecule has 108 valence electrons. The highest BCUT2D eigenvalue weighted by molar-refractivity contribution is 8.14. The van der Waals surface area contributed by atoms with Crippen molar-refractivity contribution in [3.63, 3.8) is 0 Å². The number of hydrogen-bond donors (Lipinski definition) is 1. The molecule has 0 aliphatic carbocycles. The molecular formula is C15H27N3S. The molecule has 1 N–H and O–H groups in total. The minimum atomic E-state index is 0.657. The molecule has 3 aliphatic heterocycles. The zero-order chi connectivity index (χ0) is 13.2. The quantitative estimate of drug-likeness (QED) is 0.862. The highest BCUT2D eigenvalue weighted by Crippen LogP contribution is 2.30. The first-order valence-corrected chi connectivity index (χ1v) is 8.82. The van der Waals surface area contributed by atoms with Crippen LogP contribution in [0.1, 0.15) is 46.0 Å². The van der Waals surface area contributed by atoms with E-state index in [1.165, 1.54) is 50.4 Å². The summed E-state index contributed by atoms with van der Waals surface area (Å²) in [4.78, 5) is 7.41. The van der Waals surface area contributed by atoms with Crippen LogP contribution in [-0.2, 0) is 0 Å². The van der Waals surface area contributed by atoms with E-state index >= 15 is 0 Å². The van der Waals surface area contributed by atoms with Crippen molar-refractivity contribution in [2.45, 2.75) is 63.3 Å². The third kappa shape index (κ3) is 3.27. The fraction of sp³-hybridized carbons (Fsp3) is 0.933. The molecule has 0 aromatic heterocycles. The second-order valence-electron chi connectivity index (χ2n) is 6.65. The molecule has 4 heteroatoms. The number of fused-ring (bicyclic) bond motifs is 1. The molecule has 3 unspecified atom stereocenters. The van der Waals surface area contributed by atoms with Crippen LogP contribution in [0, 0.1) is 5.92 Å². The van der Waals surface area contributed by atoms with Crippen LogP contribution in [0.2, 0.25) is 0 Å². The normalized spacial score (nSPS) is 35.5. The van der Waals surface area contributed by atoms with Gasteiger partial charge in [0.15, 0.2) is 5.17 Å². The van der Waals surface area contributed by atoms with Gasteiger partial charge in [-0.1, -0.05) is 32.0 Å². The third-order valence-corrected chi connectivity index (χ3v) is 5.76. The number of nitrogens with one attached hydrogen (secondary N) is 1. The summed E-state index contributed by atoms with van der Waals surface area (Å²) in [5.74, 6) is 0.785. The van der Waals surface area contributed by atoms with Gasteiger partial charge in [-0.05, 0) is 38.1 Å². The second-order valence-corrected chi connectivity index (χ2v) is 7.94. The van der Waals surface area contributed by atoms with Crippen molar-refractivity contribution in [2.24, 2.45) is 10.9 Å². The van der Waals surface area contributed by atoms with Crippen LogP contribution in [0.5, 0.6) is 0 Å². The van der Waals surface area contributed by atoms with E-state index in [1.54, 1.807) is 0 Å². The maximum Gasteiger partial charge on any atom is 0.157 e. The molecule has 3 nitrogen and oxygen atoms in total. The molecule has 0 saturated carbocycles. The van der Waals surface area contributed by atoms with Crippen molar-refractivity contribution in [3.05, 3.63) is 0 Å². The molecule has 3 atom stereocenters.